The van der Waals surface area contributed by atoms with E-state index < -0.39 is 17.6 Å². The Morgan fingerprint density at radius 1 is 1.17 bits per heavy atom. The van der Waals surface area contributed by atoms with Crippen LogP contribution in [0.15, 0.2) is 42.5 Å². The monoisotopic (exact) mass is 517 g/mol. The number of carbonyl (C=O) groups is 2. The molecule has 1 atom stereocenters. The van der Waals surface area contributed by atoms with Gasteiger partial charge in [0.25, 0.3) is 0 Å². The molecule has 2 N–H and O–H groups in total. The van der Waals surface area contributed by atoms with E-state index in [1.165, 1.54) is 12.1 Å². The molecular weight excluding hydrogens is 491 g/mol. The number of allylic oxidation sites excluding steroid dienone is 1. The van der Waals surface area contributed by atoms with Gasteiger partial charge in [0.15, 0.2) is 0 Å². The van der Waals surface area contributed by atoms with Crippen molar-refractivity contribution in [3.63, 3.8) is 0 Å². The SMILES string of the molecule is O=C(/C=C1\CCCOc2ccc(C(F)(F)F)cc21)Nc1ccc2c(c1)NC(=O)C(N1CCSCC1)C2. The van der Waals surface area contributed by atoms with Crippen molar-refractivity contribution in [3.8, 4) is 5.75 Å². The predicted octanol–water partition coefficient (Wildman–Crippen LogP) is 4.81. The van der Waals surface area contributed by atoms with E-state index in [0.29, 0.717) is 48.6 Å². The average Bonchev–Trinajstić information content (AvgIpc) is 3.05. The molecule has 3 aliphatic rings. The third-order valence-corrected chi connectivity index (χ3v) is 7.59. The van der Waals surface area contributed by atoms with Gasteiger partial charge in [-0.2, -0.15) is 24.9 Å². The summed E-state index contributed by atoms with van der Waals surface area (Å²) in [7, 11) is 0. The molecule has 2 amide bonds. The Morgan fingerprint density at radius 3 is 2.75 bits per heavy atom. The molecule has 1 fully saturated rings. The molecule has 3 aliphatic heterocycles. The molecular formula is C26H26F3N3O3S. The largest absolute Gasteiger partial charge is 0.493 e. The molecule has 2 aromatic rings. The number of nitrogens with one attached hydrogen (secondary N) is 2. The standard InChI is InChI=1S/C26H26F3N3O3S/c27-26(28,29)18-4-6-23-20(14-18)16(2-1-9-35-23)13-24(33)30-19-5-3-17-12-22(25(34)31-21(17)15-19)32-7-10-36-11-8-32/h3-6,13-15,22H,1-2,7-12H2,(H,30,33)(H,31,34)/b16-13+. The summed E-state index contributed by atoms with van der Waals surface area (Å²) in [6, 6.07) is 8.52. The molecule has 10 heteroatoms. The van der Waals surface area contributed by atoms with E-state index in [9.17, 15) is 22.8 Å². The Balaban J connectivity index is 1.33. The predicted molar refractivity (Wildman–Crippen MR) is 134 cm³/mol. The first-order chi connectivity index (χ1) is 17.3. The number of benzene rings is 2. The van der Waals surface area contributed by atoms with Gasteiger partial charge in [-0.3, -0.25) is 14.5 Å². The minimum absolute atomic E-state index is 0.0458. The number of amides is 2. The molecule has 1 unspecified atom stereocenters. The van der Waals surface area contributed by atoms with Gasteiger partial charge in [0.05, 0.1) is 18.2 Å². The second kappa shape index (κ2) is 10.2. The highest BCUT2D eigenvalue weighted by Crippen LogP contribution is 2.38. The lowest BCUT2D eigenvalue weighted by molar-refractivity contribution is -0.137. The lowest BCUT2D eigenvalue weighted by atomic mass is 9.97. The summed E-state index contributed by atoms with van der Waals surface area (Å²) >= 11 is 1.89. The summed E-state index contributed by atoms with van der Waals surface area (Å²) in [6.45, 7) is 2.14. The van der Waals surface area contributed by atoms with Crippen LogP contribution in [-0.2, 0) is 22.2 Å². The number of rotatable bonds is 3. The van der Waals surface area contributed by atoms with Gasteiger partial charge in [0.2, 0.25) is 11.8 Å². The van der Waals surface area contributed by atoms with Gasteiger partial charge in [-0.15, -0.1) is 0 Å². The lowest BCUT2D eigenvalue weighted by Gasteiger charge is -2.36. The van der Waals surface area contributed by atoms with Crippen molar-refractivity contribution < 1.29 is 27.5 Å². The minimum Gasteiger partial charge on any atom is -0.493 e. The molecule has 0 aromatic heterocycles. The Bertz CT molecular complexity index is 1210. The second-order valence-corrected chi connectivity index (χ2v) is 10.3. The molecule has 6 nitrogen and oxygen atoms in total. The zero-order valence-corrected chi connectivity index (χ0v) is 20.3. The van der Waals surface area contributed by atoms with Crippen molar-refractivity contribution in [2.75, 3.05) is 41.8 Å². The van der Waals surface area contributed by atoms with E-state index in [1.54, 1.807) is 12.1 Å². The van der Waals surface area contributed by atoms with Crippen LogP contribution < -0.4 is 15.4 Å². The van der Waals surface area contributed by atoms with Gasteiger partial charge in [0, 0.05) is 47.6 Å². The minimum atomic E-state index is -4.49. The van der Waals surface area contributed by atoms with Crippen LogP contribution in [0.5, 0.6) is 5.75 Å². The highest BCUT2D eigenvalue weighted by molar-refractivity contribution is 7.99. The molecule has 0 aliphatic carbocycles. The van der Waals surface area contributed by atoms with Gasteiger partial charge >= 0.3 is 6.18 Å². The van der Waals surface area contributed by atoms with E-state index in [0.717, 1.165) is 42.3 Å². The Hall–Kier alpha value is -2.98. The van der Waals surface area contributed by atoms with Crippen LogP contribution >= 0.6 is 11.8 Å². The first kappa shape index (κ1) is 24.7. The first-order valence-electron chi connectivity index (χ1n) is 11.9. The maximum absolute atomic E-state index is 13.3. The molecule has 190 valence electrons. The Kier molecular flexibility index (Phi) is 6.98. The van der Waals surface area contributed by atoms with Gasteiger partial charge in [-0.25, -0.2) is 0 Å². The summed E-state index contributed by atoms with van der Waals surface area (Å²) in [4.78, 5) is 27.8. The van der Waals surface area contributed by atoms with Crippen LogP contribution in [0, 0.1) is 0 Å². The maximum atomic E-state index is 13.3. The van der Waals surface area contributed by atoms with E-state index in [2.05, 4.69) is 15.5 Å². The summed E-state index contributed by atoms with van der Waals surface area (Å²) in [5, 5.41) is 5.75. The Morgan fingerprint density at radius 2 is 1.97 bits per heavy atom. The average molecular weight is 518 g/mol. The lowest BCUT2D eigenvalue weighted by Crippen LogP contribution is -2.50. The van der Waals surface area contributed by atoms with Gasteiger partial charge in [-0.1, -0.05) is 6.07 Å². The summed E-state index contributed by atoms with van der Waals surface area (Å²) < 4.78 is 45.4. The van der Waals surface area contributed by atoms with Gasteiger partial charge < -0.3 is 15.4 Å². The molecule has 2 aromatic carbocycles. The summed E-state index contributed by atoms with van der Waals surface area (Å²) in [5.41, 5.74) is 2.14. The van der Waals surface area contributed by atoms with Crippen molar-refractivity contribution in [2.45, 2.75) is 31.5 Å². The van der Waals surface area contributed by atoms with Crippen LogP contribution in [0.2, 0.25) is 0 Å². The van der Waals surface area contributed by atoms with Crippen molar-refractivity contribution in [1.82, 2.24) is 4.90 Å². The number of anilines is 2. The maximum Gasteiger partial charge on any atom is 0.416 e. The quantitative estimate of drug-likeness (QED) is 0.572. The van der Waals surface area contributed by atoms with Gasteiger partial charge in [0.1, 0.15) is 5.75 Å². The fourth-order valence-electron chi connectivity index (χ4n) is 4.80. The van der Waals surface area contributed by atoms with E-state index in [-0.39, 0.29) is 17.5 Å². The van der Waals surface area contributed by atoms with Crippen molar-refractivity contribution in [1.29, 1.82) is 0 Å². The number of halogens is 3. The van der Waals surface area contributed by atoms with Gasteiger partial charge in [-0.05, 0) is 60.7 Å². The Labute approximate surface area is 211 Å². The number of hydrogen-bond acceptors (Lipinski definition) is 5. The van der Waals surface area contributed by atoms with Crippen LogP contribution in [-0.4, -0.2) is 54.0 Å². The normalized spacial score (nSPS) is 21.6. The summed E-state index contributed by atoms with van der Waals surface area (Å²) in [6.07, 6.45) is -1.55. The molecule has 0 radical (unpaired) electrons. The van der Waals surface area contributed by atoms with E-state index in [1.807, 2.05) is 17.8 Å². The highest BCUT2D eigenvalue weighted by Gasteiger charge is 2.33. The van der Waals surface area contributed by atoms with E-state index >= 15 is 0 Å². The first-order valence-corrected chi connectivity index (χ1v) is 13.0. The highest BCUT2D eigenvalue weighted by atomic mass is 32.2. The zero-order chi connectivity index (χ0) is 25.3. The smallest absolute Gasteiger partial charge is 0.416 e. The van der Waals surface area contributed by atoms with Crippen LogP contribution in [0.25, 0.3) is 5.57 Å². The molecule has 3 heterocycles. The fraction of sp³-hybridized carbons (Fsp3) is 0.385. The number of hydrogen-bond donors (Lipinski definition) is 2. The van der Waals surface area contributed by atoms with Crippen LogP contribution in [0.3, 0.4) is 0 Å². The second-order valence-electron chi connectivity index (χ2n) is 9.05. The molecule has 36 heavy (non-hydrogen) atoms. The molecule has 0 saturated carbocycles. The number of nitrogens with zero attached hydrogens (tertiary/aromatic N) is 1. The molecule has 0 bridgehead atoms. The number of thioether (sulfide) groups is 1. The number of fused-ring (bicyclic) bond motifs is 2. The zero-order valence-electron chi connectivity index (χ0n) is 19.5. The van der Waals surface area contributed by atoms with E-state index in [4.69, 9.17) is 4.74 Å². The molecule has 0 spiro atoms. The van der Waals surface area contributed by atoms with Crippen molar-refractivity contribution in [3.05, 3.63) is 59.2 Å². The topological polar surface area (TPSA) is 70.7 Å². The number of carbonyl (C=O) groups excluding carboxylic acids is 2. The third-order valence-electron chi connectivity index (χ3n) is 6.64. The third kappa shape index (κ3) is 5.39. The van der Waals surface area contributed by atoms with Crippen LogP contribution in [0.4, 0.5) is 24.5 Å². The number of ether oxygens (including phenoxy) is 1. The van der Waals surface area contributed by atoms with Crippen molar-refractivity contribution in [2.24, 2.45) is 0 Å². The van der Waals surface area contributed by atoms with Crippen LogP contribution in [0.1, 0.15) is 29.5 Å². The molecule has 5 rings (SSSR count). The number of alkyl halides is 3. The fourth-order valence-corrected chi connectivity index (χ4v) is 5.73. The summed E-state index contributed by atoms with van der Waals surface area (Å²) in [5.74, 6) is 1.87. The molecule has 1 saturated heterocycles. The van der Waals surface area contributed by atoms with Crippen molar-refractivity contribution >= 4 is 40.5 Å².